The number of ketones is 1. The first-order chi connectivity index (χ1) is 15.2. The number of allylic oxidation sites excluding steroid dienone is 1. The average molecular weight is 429 g/mol. The smallest absolute Gasteiger partial charge is 0.195 e. The van der Waals surface area contributed by atoms with Crippen LogP contribution >= 0.6 is 11.3 Å². The third-order valence-corrected chi connectivity index (χ3v) is 6.34. The van der Waals surface area contributed by atoms with Gasteiger partial charge in [-0.15, -0.1) is 11.3 Å². The van der Waals surface area contributed by atoms with E-state index in [2.05, 4.69) is 25.1 Å². The van der Waals surface area contributed by atoms with Crippen LogP contribution in [0.25, 0.3) is 16.8 Å². The third-order valence-electron chi connectivity index (χ3n) is 5.10. The number of aryl methyl sites for hydroxylation is 1. The number of fused-ring (bicyclic) bond motifs is 1. The topological polar surface area (TPSA) is 35.5 Å². The van der Waals surface area contributed by atoms with Crippen molar-refractivity contribution in [3.63, 3.8) is 0 Å². The van der Waals surface area contributed by atoms with Gasteiger partial charge in [-0.25, -0.2) is 0 Å². The van der Waals surface area contributed by atoms with E-state index in [9.17, 15) is 4.79 Å². The lowest BCUT2D eigenvalue weighted by Gasteiger charge is -2.12. The monoisotopic (exact) mass is 428 g/mol. The van der Waals surface area contributed by atoms with Gasteiger partial charge in [0.2, 0.25) is 0 Å². The highest BCUT2D eigenvalue weighted by Crippen LogP contribution is 2.25. The number of ether oxygens (including phenoxy) is 2. The molecule has 3 nitrogen and oxygen atoms in total. The molecule has 0 amide bonds. The molecular formula is C27H24O3S. The standard InChI is InChI=1S/C27H24O3S/c1-3-24-12-15-27(31-24)25(28)13-8-19-9-14-26(29-2)22(16-19)18-30-23-11-10-20-6-4-5-7-21(20)17-23/h4-17H,3,18H2,1-2H3/b13-8+. The maximum atomic E-state index is 12.4. The molecule has 0 aliphatic heterocycles. The second kappa shape index (κ2) is 9.63. The largest absolute Gasteiger partial charge is 0.496 e. The Hall–Kier alpha value is -3.37. The summed E-state index contributed by atoms with van der Waals surface area (Å²) in [6.45, 7) is 2.47. The summed E-state index contributed by atoms with van der Waals surface area (Å²) < 4.78 is 11.5. The minimum Gasteiger partial charge on any atom is -0.496 e. The molecule has 1 aromatic heterocycles. The average Bonchev–Trinajstić information content (AvgIpc) is 3.30. The second-order valence-electron chi connectivity index (χ2n) is 7.19. The summed E-state index contributed by atoms with van der Waals surface area (Å²) in [5.74, 6) is 1.59. The van der Waals surface area contributed by atoms with Crippen LogP contribution in [0.1, 0.15) is 32.6 Å². The van der Waals surface area contributed by atoms with Crippen LogP contribution < -0.4 is 9.47 Å². The van der Waals surface area contributed by atoms with E-state index in [1.54, 1.807) is 24.5 Å². The van der Waals surface area contributed by atoms with Crippen LogP contribution in [0.2, 0.25) is 0 Å². The molecule has 0 spiro atoms. The van der Waals surface area contributed by atoms with Gasteiger partial charge in [-0.3, -0.25) is 4.79 Å². The molecule has 0 saturated heterocycles. The molecule has 4 rings (SSSR count). The quantitative estimate of drug-likeness (QED) is 0.225. The maximum Gasteiger partial charge on any atom is 0.195 e. The number of hydrogen-bond donors (Lipinski definition) is 0. The van der Waals surface area contributed by atoms with E-state index < -0.39 is 0 Å². The van der Waals surface area contributed by atoms with Gasteiger partial charge >= 0.3 is 0 Å². The van der Waals surface area contributed by atoms with Crippen molar-refractivity contribution in [3.05, 3.63) is 99.8 Å². The molecule has 0 aliphatic rings. The number of methoxy groups -OCH3 is 1. The number of benzene rings is 3. The highest BCUT2D eigenvalue weighted by atomic mass is 32.1. The summed E-state index contributed by atoms with van der Waals surface area (Å²) in [7, 11) is 1.65. The number of carbonyl (C=O) groups excluding carboxylic acids is 1. The van der Waals surface area contributed by atoms with Crippen LogP contribution in [-0.2, 0) is 13.0 Å². The minimum absolute atomic E-state index is 0.0227. The molecule has 3 aromatic carbocycles. The molecule has 0 atom stereocenters. The van der Waals surface area contributed by atoms with Gasteiger partial charge in [0.1, 0.15) is 18.1 Å². The minimum atomic E-state index is 0.0227. The summed E-state index contributed by atoms with van der Waals surface area (Å²) in [5.41, 5.74) is 1.85. The Kier molecular flexibility index (Phi) is 6.48. The first kappa shape index (κ1) is 20.9. The summed E-state index contributed by atoms with van der Waals surface area (Å²) in [4.78, 5) is 14.4. The van der Waals surface area contributed by atoms with Crippen molar-refractivity contribution in [2.75, 3.05) is 7.11 Å². The summed E-state index contributed by atoms with van der Waals surface area (Å²) in [6.07, 6.45) is 4.41. The van der Waals surface area contributed by atoms with Crippen LogP contribution in [0, 0.1) is 0 Å². The van der Waals surface area contributed by atoms with Gasteiger partial charge in [0.15, 0.2) is 5.78 Å². The van der Waals surface area contributed by atoms with Gasteiger partial charge in [0.25, 0.3) is 0 Å². The van der Waals surface area contributed by atoms with E-state index in [1.807, 2.05) is 60.7 Å². The van der Waals surface area contributed by atoms with Crippen molar-refractivity contribution in [3.8, 4) is 11.5 Å². The lowest BCUT2D eigenvalue weighted by Crippen LogP contribution is -1.99. The molecule has 31 heavy (non-hydrogen) atoms. The van der Waals surface area contributed by atoms with E-state index in [-0.39, 0.29) is 5.78 Å². The van der Waals surface area contributed by atoms with Crippen LogP contribution in [0.4, 0.5) is 0 Å². The van der Waals surface area contributed by atoms with E-state index in [0.717, 1.165) is 39.3 Å². The maximum absolute atomic E-state index is 12.4. The molecule has 4 heteroatoms. The van der Waals surface area contributed by atoms with Crippen LogP contribution in [0.15, 0.2) is 78.9 Å². The first-order valence-electron chi connectivity index (χ1n) is 10.3. The lowest BCUT2D eigenvalue weighted by atomic mass is 10.1. The Bertz CT molecular complexity index is 1240. The number of carbonyl (C=O) groups is 1. The third kappa shape index (κ3) is 5.04. The molecule has 0 unspecified atom stereocenters. The number of hydrogen-bond acceptors (Lipinski definition) is 4. The number of rotatable bonds is 8. The zero-order chi connectivity index (χ0) is 21.6. The highest BCUT2D eigenvalue weighted by molar-refractivity contribution is 7.14. The summed E-state index contributed by atoms with van der Waals surface area (Å²) >= 11 is 1.55. The van der Waals surface area contributed by atoms with Crippen LogP contribution in [0.5, 0.6) is 11.5 Å². The van der Waals surface area contributed by atoms with Gasteiger partial charge < -0.3 is 9.47 Å². The van der Waals surface area contributed by atoms with E-state index in [0.29, 0.717) is 6.61 Å². The fraction of sp³-hybridized carbons (Fsp3) is 0.148. The molecular weight excluding hydrogens is 404 g/mol. The van der Waals surface area contributed by atoms with Gasteiger partial charge in [0.05, 0.1) is 12.0 Å². The fourth-order valence-corrected chi connectivity index (χ4v) is 4.26. The van der Waals surface area contributed by atoms with E-state index in [1.165, 1.54) is 10.3 Å². The van der Waals surface area contributed by atoms with Crippen LogP contribution in [0.3, 0.4) is 0 Å². The predicted molar refractivity (Wildman–Crippen MR) is 128 cm³/mol. The zero-order valence-corrected chi connectivity index (χ0v) is 18.4. The van der Waals surface area contributed by atoms with Crippen molar-refractivity contribution < 1.29 is 14.3 Å². The molecule has 156 valence electrons. The van der Waals surface area contributed by atoms with Crippen molar-refractivity contribution >= 4 is 34.0 Å². The fourth-order valence-electron chi connectivity index (χ4n) is 3.39. The molecule has 0 aliphatic carbocycles. The van der Waals surface area contributed by atoms with Gasteiger partial charge in [-0.2, -0.15) is 0 Å². The molecule has 0 saturated carbocycles. The molecule has 0 bridgehead atoms. The normalized spacial score (nSPS) is 11.2. The molecule has 0 fully saturated rings. The van der Waals surface area contributed by atoms with Gasteiger partial charge in [-0.1, -0.05) is 49.4 Å². The van der Waals surface area contributed by atoms with Crippen molar-refractivity contribution in [1.29, 1.82) is 0 Å². The predicted octanol–water partition coefficient (Wildman–Crippen LogP) is 6.95. The molecule has 4 aromatic rings. The zero-order valence-electron chi connectivity index (χ0n) is 17.6. The Balaban J connectivity index is 1.49. The highest BCUT2D eigenvalue weighted by Gasteiger charge is 2.08. The van der Waals surface area contributed by atoms with Crippen LogP contribution in [-0.4, -0.2) is 12.9 Å². The van der Waals surface area contributed by atoms with Gasteiger partial charge in [0, 0.05) is 10.4 Å². The van der Waals surface area contributed by atoms with Crippen molar-refractivity contribution in [2.24, 2.45) is 0 Å². The Morgan fingerprint density at radius 2 is 1.81 bits per heavy atom. The Labute approximate surface area is 186 Å². The summed E-state index contributed by atoms with van der Waals surface area (Å²) in [6, 6.07) is 24.0. The van der Waals surface area contributed by atoms with Crippen molar-refractivity contribution in [1.82, 2.24) is 0 Å². The second-order valence-corrected chi connectivity index (χ2v) is 8.35. The molecule has 0 radical (unpaired) electrons. The SMILES string of the molecule is CCc1ccc(C(=O)/C=C/c2ccc(OC)c(COc3ccc4ccccc4c3)c2)s1. The first-order valence-corrected chi connectivity index (χ1v) is 11.1. The number of thiophene rings is 1. The Morgan fingerprint density at radius 3 is 2.58 bits per heavy atom. The molecule has 0 N–H and O–H groups in total. The Morgan fingerprint density at radius 1 is 0.968 bits per heavy atom. The molecule has 1 heterocycles. The van der Waals surface area contributed by atoms with E-state index in [4.69, 9.17) is 9.47 Å². The van der Waals surface area contributed by atoms with Crippen molar-refractivity contribution in [2.45, 2.75) is 20.0 Å². The van der Waals surface area contributed by atoms with E-state index >= 15 is 0 Å². The summed E-state index contributed by atoms with van der Waals surface area (Å²) in [5, 5.41) is 2.32. The van der Waals surface area contributed by atoms with Gasteiger partial charge in [-0.05, 0) is 65.2 Å². The lowest BCUT2D eigenvalue weighted by molar-refractivity contribution is 0.105.